The van der Waals surface area contributed by atoms with Crippen LogP contribution in [0, 0.1) is 17.2 Å². The Morgan fingerprint density at radius 3 is 2.62 bits per heavy atom. The molecule has 0 radical (unpaired) electrons. The molecular weight excluding hydrogens is 230 g/mol. The first-order chi connectivity index (χ1) is 7.60. The number of ether oxygens (including phenoxy) is 1. The molecule has 0 spiro atoms. The van der Waals surface area contributed by atoms with Crippen molar-refractivity contribution in [3.8, 4) is 6.07 Å². The van der Waals surface area contributed by atoms with Crippen LogP contribution in [0.3, 0.4) is 0 Å². The third-order valence-electron chi connectivity index (χ3n) is 2.57. The van der Waals surface area contributed by atoms with Crippen LogP contribution < -0.4 is 4.72 Å². The molecule has 92 valence electrons. The van der Waals surface area contributed by atoms with Gasteiger partial charge in [0.2, 0.25) is 0 Å². The Hall–Kier alpha value is -0.680. The summed E-state index contributed by atoms with van der Waals surface area (Å²) in [7, 11) is -1.87. The summed E-state index contributed by atoms with van der Waals surface area (Å²) in [5.74, 6) is -0.00887. The summed E-state index contributed by atoms with van der Waals surface area (Å²) in [6.07, 6.45) is 1.23. The molecule has 0 unspecified atom stereocenters. The lowest BCUT2D eigenvalue weighted by atomic mass is 10.0. The number of piperidine rings is 1. The van der Waals surface area contributed by atoms with Crippen LogP contribution in [0.25, 0.3) is 0 Å². The van der Waals surface area contributed by atoms with E-state index in [2.05, 4.69) is 10.8 Å². The van der Waals surface area contributed by atoms with E-state index in [4.69, 9.17) is 10.00 Å². The molecule has 0 atom stereocenters. The molecule has 1 fully saturated rings. The van der Waals surface area contributed by atoms with Gasteiger partial charge in [0.05, 0.1) is 12.7 Å². The molecule has 0 aromatic rings. The molecule has 1 saturated heterocycles. The predicted molar refractivity (Wildman–Crippen MR) is 58.7 cm³/mol. The van der Waals surface area contributed by atoms with Crippen molar-refractivity contribution in [3.05, 3.63) is 0 Å². The molecule has 0 amide bonds. The highest BCUT2D eigenvalue weighted by molar-refractivity contribution is 7.87. The van der Waals surface area contributed by atoms with E-state index in [1.807, 2.05) is 0 Å². The molecule has 16 heavy (non-hydrogen) atoms. The van der Waals surface area contributed by atoms with Crippen LogP contribution in [0.4, 0.5) is 0 Å². The first-order valence-corrected chi connectivity index (χ1v) is 6.67. The van der Waals surface area contributed by atoms with Crippen LogP contribution in [0.2, 0.25) is 0 Å². The summed E-state index contributed by atoms with van der Waals surface area (Å²) in [6.45, 7) is 1.46. The molecular formula is C9H17N3O3S. The standard InChI is InChI=1S/C9H17N3O3S/c1-15-7-4-11-16(13,14)12-5-2-9(8-10)3-6-12/h9,11H,2-7H2,1H3. The van der Waals surface area contributed by atoms with Crippen LogP contribution in [0.1, 0.15) is 12.8 Å². The highest BCUT2D eigenvalue weighted by Crippen LogP contribution is 2.17. The molecule has 1 aliphatic rings. The van der Waals surface area contributed by atoms with Gasteiger partial charge in [0.15, 0.2) is 0 Å². The zero-order valence-electron chi connectivity index (χ0n) is 9.35. The van der Waals surface area contributed by atoms with Crippen molar-refractivity contribution in [3.63, 3.8) is 0 Å². The van der Waals surface area contributed by atoms with Crippen LogP contribution in [0.15, 0.2) is 0 Å². The Morgan fingerprint density at radius 2 is 2.12 bits per heavy atom. The van der Waals surface area contributed by atoms with E-state index in [0.29, 0.717) is 32.5 Å². The van der Waals surface area contributed by atoms with E-state index in [9.17, 15) is 8.42 Å². The third kappa shape index (κ3) is 3.72. The van der Waals surface area contributed by atoms with E-state index < -0.39 is 10.2 Å². The number of hydrogen-bond acceptors (Lipinski definition) is 4. The fraction of sp³-hybridized carbons (Fsp3) is 0.889. The second kappa shape index (κ2) is 6.15. The van der Waals surface area contributed by atoms with Crippen LogP contribution in [-0.2, 0) is 14.9 Å². The van der Waals surface area contributed by atoms with Gasteiger partial charge in [-0.15, -0.1) is 0 Å². The summed E-state index contributed by atoms with van der Waals surface area (Å²) < 4.78 is 32.1. The molecule has 7 heteroatoms. The van der Waals surface area contributed by atoms with E-state index in [-0.39, 0.29) is 12.5 Å². The second-order valence-corrected chi connectivity index (χ2v) is 5.45. The SMILES string of the molecule is COCCNS(=O)(=O)N1CCC(C#N)CC1. The van der Waals surface area contributed by atoms with Crippen molar-refractivity contribution < 1.29 is 13.2 Å². The predicted octanol–water partition coefficient (Wildman–Crippen LogP) is -0.297. The van der Waals surface area contributed by atoms with Crippen molar-refractivity contribution >= 4 is 10.2 Å². The van der Waals surface area contributed by atoms with E-state index >= 15 is 0 Å². The summed E-state index contributed by atoms with van der Waals surface area (Å²) >= 11 is 0. The van der Waals surface area contributed by atoms with Crippen LogP contribution in [-0.4, -0.2) is 46.1 Å². The number of hydrogen-bond donors (Lipinski definition) is 1. The van der Waals surface area contributed by atoms with Crippen LogP contribution >= 0.6 is 0 Å². The lowest BCUT2D eigenvalue weighted by Gasteiger charge is -2.28. The smallest absolute Gasteiger partial charge is 0.279 e. The molecule has 0 saturated carbocycles. The number of nitrogens with one attached hydrogen (secondary N) is 1. The minimum Gasteiger partial charge on any atom is -0.383 e. The number of rotatable bonds is 5. The fourth-order valence-corrected chi connectivity index (χ4v) is 2.80. The minimum atomic E-state index is -3.39. The molecule has 0 aliphatic carbocycles. The van der Waals surface area contributed by atoms with Gasteiger partial charge in [-0.25, -0.2) is 0 Å². The Labute approximate surface area is 96.4 Å². The molecule has 1 aliphatic heterocycles. The Bertz CT molecular complexity index is 342. The third-order valence-corrected chi connectivity index (χ3v) is 4.18. The Kier molecular flexibility index (Phi) is 5.15. The van der Waals surface area contributed by atoms with Gasteiger partial charge in [-0.1, -0.05) is 0 Å². The molecule has 1 N–H and O–H groups in total. The van der Waals surface area contributed by atoms with Gasteiger partial charge in [-0.2, -0.15) is 22.7 Å². The van der Waals surface area contributed by atoms with Crippen molar-refractivity contribution in [2.45, 2.75) is 12.8 Å². The van der Waals surface area contributed by atoms with Gasteiger partial charge >= 0.3 is 0 Å². The zero-order chi connectivity index (χ0) is 12.0. The second-order valence-electron chi connectivity index (χ2n) is 3.69. The summed E-state index contributed by atoms with van der Waals surface area (Å²) in [6, 6.07) is 2.17. The first kappa shape index (κ1) is 13.4. The van der Waals surface area contributed by atoms with Gasteiger partial charge in [-0.3, -0.25) is 0 Å². The van der Waals surface area contributed by atoms with Crippen molar-refractivity contribution in [2.24, 2.45) is 5.92 Å². The quantitative estimate of drug-likeness (QED) is 0.676. The highest BCUT2D eigenvalue weighted by Gasteiger charge is 2.27. The zero-order valence-corrected chi connectivity index (χ0v) is 10.2. The lowest BCUT2D eigenvalue weighted by molar-refractivity contribution is 0.203. The average Bonchev–Trinajstić information content (AvgIpc) is 2.29. The average molecular weight is 247 g/mol. The molecule has 1 heterocycles. The lowest BCUT2D eigenvalue weighted by Crippen LogP contribution is -2.45. The molecule has 1 rings (SSSR count). The van der Waals surface area contributed by atoms with Gasteiger partial charge in [0.1, 0.15) is 0 Å². The highest BCUT2D eigenvalue weighted by atomic mass is 32.2. The molecule has 0 aromatic carbocycles. The minimum absolute atomic E-state index is 0.00887. The molecule has 0 aromatic heterocycles. The topological polar surface area (TPSA) is 82.4 Å². The normalized spacial score (nSPS) is 19.5. The number of nitriles is 1. The maximum Gasteiger partial charge on any atom is 0.279 e. The molecule has 6 nitrogen and oxygen atoms in total. The summed E-state index contributed by atoms with van der Waals surface area (Å²) in [4.78, 5) is 0. The molecule has 0 bridgehead atoms. The monoisotopic (exact) mass is 247 g/mol. The maximum atomic E-state index is 11.7. The van der Waals surface area contributed by atoms with E-state index in [0.717, 1.165) is 0 Å². The van der Waals surface area contributed by atoms with Gasteiger partial charge in [-0.05, 0) is 12.8 Å². The maximum absolute atomic E-state index is 11.7. The summed E-state index contributed by atoms with van der Waals surface area (Å²) in [5, 5.41) is 8.70. The number of nitrogens with zero attached hydrogens (tertiary/aromatic N) is 2. The van der Waals surface area contributed by atoms with E-state index in [1.165, 1.54) is 11.4 Å². The van der Waals surface area contributed by atoms with Crippen molar-refractivity contribution in [1.82, 2.24) is 9.03 Å². The van der Waals surface area contributed by atoms with Crippen molar-refractivity contribution in [2.75, 3.05) is 33.4 Å². The largest absolute Gasteiger partial charge is 0.383 e. The Morgan fingerprint density at radius 1 is 1.50 bits per heavy atom. The van der Waals surface area contributed by atoms with E-state index in [1.54, 1.807) is 0 Å². The van der Waals surface area contributed by atoms with Gasteiger partial charge < -0.3 is 4.74 Å². The number of methoxy groups -OCH3 is 1. The Balaban J connectivity index is 2.43. The van der Waals surface area contributed by atoms with Gasteiger partial charge in [0.25, 0.3) is 10.2 Å². The van der Waals surface area contributed by atoms with Gasteiger partial charge in [0, 0.05) is 32.7 Å². The van der Waals surface area contributed by atoms with Crippen LogP contribution in [0.5, 0.6) is 0 Å². The fourth-order valence-electron chi connectivity index (χ4n) is 1.59. The van der Waals surface area contributed by atoms with Crippen molar-refractivity contribution in [1.29, 1.82) is 5.26 Å². The first-order valence-electron chi connectivity index (χ1n) is 5.23. The summed E-state index contributed by atoms with van der Waals surface area (Å²) in [5.41, 5.74) is 0.